The Kier molecular flexibility index (Phi) is 5.55. The van der Waals surface area contributed by atoms with Crippen LogP contribution in [0.3, 0.4) is 0 Å². The molecule has 4 nitrogen and oxygen atoms in total. The second-order valence-corrected chi connectivity index (χ2v) is 5.17. The number of nitrogens with one attached hydrogen (secondary N) is 2. The zero-order valence-corrected chi connectivity index (χ0v) is 13.1. The predicted octanol–water partition coefficient (Wildman–Crippen LogP) is 4.17. The summed E-state index contributed by atoms with van der Waals surface area (Å²) >= 11 is 0. The maximum Gasteiger partial charge on any atom is 0.224 e. The minimum atomic E-state index is 0.263. The Balaban J connectivity index is 2.16. The molecule has 4 heteroatoms. The van der Waals surface area contributed by atoms with Crippen molar-refractivity contribution in [3.63, 3.8) is 0 Å². The van der Waals surface area contributed by atoms with E-state index in [1.54, 1.807) is 0 Å². The van der Waals surface area contributed by atoms with E-state index >= 15 is 0 Å². The van der Waals surface area contributed by atoms with Gasteiger partial charge in [-0.25, -0.2) is 4.98 Å². The molecule has 0 aliphatic heterocycles. The van der Waals surface area contributed by atoms with Gasteiger partial charge < -0.3 is 10.6 Å². The number of anilines is 2. The Morgan fingerprint density at radius 3 is 2.57 bits per heavy atom. The van der Waals surface area contributed by atoms with Gasteiger partial charge in [0, 0.05) is 18.3 Å². The minimum absolute atomic E-state index is 0.263. The zero-order chi connectivity index (χ0) is 15.1. The standard InChI is InChI=1S/C17H24N4/c1-4-11-18-17-19-12-13(3)16(21-17)20-15(5-2)14-9-7-6-8-10-14/h6-10,12,15H,4-5,11H2,1-3H3,(H2,18,19,20,21). The van der Waals surface area contributed by atoms with Gasteiger partial charge >= 0.3 is 0 Å². The molecule has 1 atom stereocenters. The third-order valence-corrected chi connectivity index (χ3v) is 3.43. The van der Waals surface area contributed by atoms with Crippen molar-refractivity contribution in [2.24, 2.45) is 0 Å². The molecule has 2 rings (SSSR count). The highest BCUT2D eigenvalue weighted by atomic mass is 15.1. The smallest absolute Gasteiger partial charge is 0.224 e. The summed E-state index contributed by atoms with van der Waals surface area (Å²) in [6.45, 7) is 7.22. The van der Waals surface area contributed by atoms with E-state index in [0.717, 1.165) is 30.8 Å². The fraction of sp³-hybridized carbons (Fsp3) is 0.412. The average molecular weight is 284 g/mol. The fourth-order valence-corrected chi connectivity index (χ4v) is 2.18. The predicted molar refractivity (Wildman–Crippen MR) is 88.6 cm³/mol. The molecule has 1 heterocycles. The number of hydrogen-bond acceptors (Lipinski definition) is 4. The van der Waals surface area contributed by atoms with Gasteiger partial charge in [0.1, 0.15) is 5.82 Å². The Morgan fingerprint density at radius 1 is 1.14 bits per heavy atom. The first-order valence-corrected chi connectivity index (χ1v) is 7.63. The summed E-state index contributed by atoms with van der Waals surface area (Å²) in [6.07, 6.45) is 3.93. The molecule has 0 amide bonds. The normalized spacial score (nSPS) is 12.0. The van der Waals surface area contributed by atoms with Crippen LogP contribution in [0.4, 0.5) is 11.8 Å². The molecule has 1 aromatic carbocycles. The van der Waals surface area contributed by atoms with E-state index in [0.29, 0.717) is 5.95 Å². The second-order valence-electron chi connectivity index (χ2n) is 5.17. The number of aryl methyl sites for hydroxylation is 1. The summed E-state index contributed by atoms with van der Waals surface area (Å²) in [5.41, 5.74) is 2.34. The van der Waals surface area contributed by atoms with Gasteiger partial charge in [0.25, 0.3) is 0 Å². The molecule has 0 saturated heterocycles. The molecule has 112 valence electrons. The molecule has 0 radical (unpaired) electrons. The van der Waals surface area contributed by atoms with E-state index in [2.05, 4.69) is 58.7 Å². The lowest BCUT2D eigenvalue weighted by Gasteiger charge is -2.19. The highest BCUT2D eigenvalue weighted by molar-refractivity contribution is 5.48. The zero-order valence-electron chi connectivity index (χ0n) is 13.1. The molecule has 2 N–H and O–H groups in total. The van der Waals surface area contributed by atoms with Crippen LogP contribution in [0.2, 0.25) is 0 Å². The van der Waals surface area contributed by atoms with E-state index in [9.17, 15) is 0 Å². The average Bonchev–Trinajstić information content (AvgIpc) is 2.53. The first-order valence-electron chi connectivity index (χ1n) is 7.63. The van der Waals surface area contributed by atoms with Crippen molar-refractivity contribution >= 4 is 11.8 Å². The van der Waals surface area contributed by atoms with Gasteiger partial charge in [0.2, 0.25) is 5.95 Å². The third-order valence-electron chi connectivity index (χ3n) is 3.43. The molecule has 21 heavy (non-hydrogen) atoms. The number of nitrogens with zero attached hydrogens (tertiary/aromatic N) is 2. The molecule has 0 aliphatic rings. The van der Waals surface area contributed by atoms with E-state index in [1.165, 1.54) is 5.56 Å². The van der Waals surface area contributed by atoms with Crippen molar-refractivity contribution in [3.05, 3.63) is 47.7 Å². The van der Waals surface area contributed by atoms with Crippen molar-refractivity contribution in [2.75, 3.05) is 17.2 Å². The Hall–Kier alpha value is -2.10. The first kappa shape index (κ1) is 15.3. The highest BCUT2D eigenvalue weighted by Gasteiger charge is 2.11. The van der Waals surface area contributed by atoms with Crippen LogP contribution >= 0.6 is 0 Å². The molecular formula is C17H24N4. The van der Waals surface area contributed by atoms with Crippen molar-refractivity contribution in [1.82, 2.24) is 9.97 Å². The summed E-state index contributed by atoms with van der Waals surface area (Å²) in [4.78, 5) is 8.91. The lowest BCUT2D eigenvalue weighted by atomic mass is 10.0. The molecule has 0 aliphatic carbocycles. The first-order chi connectivity index (χ1) is 10.2. The van der Waals surface area contributed by atoms with Gasteiger partial charge in [-0.3, -0.25) is 0 Å². The van der Waals surface area contributed by atoms with Crippen LogP contribution in [-0.4, -0.2) is 16.5 Å². The number of benzene rings is 1. The number of aromatic nitrogens is 2. The molecule has 2 aromatic rings. The van der Waals surface area contributed by atoms with Crippen molar-refractivity contribution in [1.29, 1.82) is 0 Å². The molecule has 0 saturated carbocycles. The van der Waals surface area contributed by atoms with Gasteiger partial charge in [-0.2, -0.15) is 4.98 Å². The minimum Gasteiger partial charge on any atom is -0.363 e. The number of rotatable bonds is 7. The van der Waals surface area contributed by atoms with Crippen LogP contribution in [0.1, 0.15) is 43.9 Å². The maximum atomic E-state index is 4.59. The lowest BCUT2D eigenvalue weighted by molar-refractivity contribution is 0.742. The SMILES string of the molecule is CCCNc1ncc(C)c(NC(CC)c2ccccc2)n1. The van der Waals surface area contributed by atoms with E-state index in [-0.39, 0.29) is 6.04 Å². The Labute approximate surface area is 127 Å². The summed E-state index contributed by atoms with van der Waals surface area (Å²) < 4.78 is 0. The number of hydrogen-bond donors (Lipinski definition) is 2. The summed E-state index contributed by atoms with van der Waals surface area (Å²) in [5, 5.41) is 6.77. The van der Waals surface area contributed by atoms with Crippen LogP contribution in [0.25, 0.3) is 0 Å². The molecule has 0 bridgehead atoms. The highest BCUT2D eigenvalue weighted by Crippen LogP contribution is 2.23. The second kappa shape index (κ2) is 7.62. The molecule has 1 unspecified atom stereocenters. The largest absolute Gasteiger partial charge is 0.363 e. The van der Waals surface area contributed by atoms with Gasteiger partial charge in [-0.1, -0.05) is 44.2 Å². The van der Waals surface area contributed by atoms with Crippen LogP contribution in [0.5, 0.6) is 0 Å². The fourth-order valence-electron chi connectivity index (χ4n) is 2.18. The summed E-state index contributed by atoms with van der Waals surface area (Å²) in [6, 6.07) is 10.7. The molecule has 0 fully saturated rings. The lowest BCUT2D eigenvalue weighted by Crippen LogP contribution is -2.13. The van der Waals surface area contributed by atoms with E-state index < -0.39 is 0 Å². The monoisotopic (exact) mass is 284 g/mol. The topological polar surface area (TPSA) is 49.8 Å². The van der Waals surface area contributed by atoms with Crippen LogP contribution in [0, 0.1) is 6.92 Å². The van der Waals surface area contributed by atoms with Gasteiger partial charge in [0.05, 0.1) is 6.04 Å². The quantitative estimate of drug-likeness (QED) is 0.801. The van der Waals surface area contributed by atoms with E-state index in [4.69, 9.17) is 0 Å². The van der Waals surface area contributed by atoms with Crippen molar-refractivity contribution in [3.8, 4) is 0 Å². The van der Waals surface area contributed by atoms with E-state index in [1.807, 2.05) is 19.2 Å². The molecule has 0 spiro atoms. The molecular weight excluding hydrogens is 260 g/mol. The van der Waals surface area contributed by atoms with Crippen LogP contribution in [-0.2, 0) is 0 Å². The van der Waals surface area contributed by atoms with Gasteiger partial charge in [-0.05, 0) is 25.3 Å². The molecule has 1 aromatic heterocycles. The maximum absolute atomic E-state index is 4.59. The summed E-state index contributed by atoms with van der Waals surface area (Å²) in [7, 11) is 0. The third kappa shape index (κ3) is 4.18. The Morgan fingerprint density at radius 2 is 1.90 bits per heavy atom. The Bertz CT molecular complexity index is 554. The van der Waals surface area contributed by atoms with Crippen LogP contribution < -0.4 is 10.6 Å². The van der Waals surface area contributed by atoms with Gasteiger partial charge in [0.15, 0.2) is 0 Å². The summed E-state index contributed by atoms with van der Waals surface area (Å²) in [5.74, 6) is 1.59. The van der Waals surface area contributed by atoms with Crippen molar-refractivity contribution < 1.29 is 0 Å². The van der Waals surface area contributed by atoms with Crippen molar-refractivity contribution in [2.45, 2.75) is 39.7 Å². The van der Waals surface area contributed by atoms with Crippen LogP contribution in [0.15, 0.2) is 36.5 Å². The van der Waals surface area contributed by atoms with Gasteiger partial charge in [-0.15, -0.1) is 0 Å².